The molecule has 0 aliphatic heterocycles. The predicted molar refractivity (Wildman–Crippen MR) is 76.2 cm³/mol. The van der Waals surface area contributed by atoms with Crippen LogP contribution in [-0.2, 0) is 10.3 Å². The van der Waals surface area contributed by atoms with E-state index in [-0.39, 0.29) is 5.92 Å². The predicted octanol–water partition coefficient (Wildman–Crippen LogP) is 3.57. The molecule has 2 bridgehead atoms. The molecule has 2 aromatic carbocycles. The van der Waals surface area contributed by atoms with Gasteiger partial charge in [-0.2, -0.15) is 5.26 Å². The van der Waals surface area contributed by atoms with Gasteiger partial charge in [0.2, 0.25) is 0 Å². The monoisotopic (exact) mass is 261 g/mol. The van der Waals surface area contributed by atoms with E-state index < -0.39 is 5.60 Å². The zero-order valence-corrected chi connectivity index (χ0v) is 11.3. The van der Waals surface area contributed by atoms with Crippen molar-refractivity contribution in [1.82, 2.24) is 0 Å². The Morgan fingerprint density at radius 3 is 2.10 bits per heavy atom. The van der Waals surface area contributed by atoms with E-state index in [0.29, 0.717) is 5.92 Å². The molecule has 20 heavy (non-hydrogen) atoms. The number of hydrogen-bond acceptors (Lipinski definition) is 2. The molecule has 0 N–H and O–H groups in total. The zero-order chi connectivity index (χ0) is 13.7. The van der Waals surface area contributed by atoms with Crippen molar-refractivity contribution in [2.75, 3.05) is 7.11 Å². The van der Waals surface area contributed by atoms with Crippen molar-refractivity contribution in [2.24, 2.45) is 5.92 Å². The van der Waals surface area contributed by atoms with E-state index in [4.69, 9.17) is 4.74 Å². The first kappa shape index (κ1) is 11.7. The second-order valence-corrected chi connectivity index (χ2v) is 5.58. The molecule has 5 rings (SSSR count). The maximum Gasteiger partial charge on any atom is 0.134 e. The average molecular weight is 261 g/mol. The number of nitrogens with zero attached hydrogens (tertiary/aromatic N) is 1. The van der Waals surface area contributed by atoms with Crippen LogP contribution in [0, 0.1) is 17.2 Å². The van der Waals surface area contributed by atoms with Crippen LogP contribution in [0.5, 0.6) is 0 Å². The summed E-state index contributed by atoms with van der Waals surface area (Å²) in [6.07, 6.45) is 0.846. The summed E-state index contributed by atoms with van der Waals surface area (Å²) in [6, 6.07) is 19.3. The topological polar surface area (TPSA) is 33.0 Å². The third-order valence-corrected chi connectivity index (χ3v) is 4.91. The summed E-state index contributed by atoms with van der Waals surface area (Å²) in [5.74, 6) is 0.200. The number of hydrogen-bond donors (Lipinski definition) is 0. The Kier molecular flexibility index (Phi) is 2.31. The minimum atomic E-state index is -0.601. The van der Waals surface area contributed by atoms with E-state index in [1.54, 1.807) is 7.11 Å². The van der Waals surface area contributed by atoms with Crippen LogP contribution in [0.3, 0.4) is 0 Å². The lowest BCUT2D eigenvalue weighted by Gasteiger charge is -2.50. The Morgan fingerprint density at radius 2 is 1.60 bits per heavy atom. The summed E-state index contributed by atoms with van der Waals surface area (Å²) in [4.78, 5) is 0. The molecule has 0 heterocycles. The largest absolute Gasteiger partial charge is 0.367 e. The second kappa shape index (κ2) is 3.94. The fourth-order valence-electron chi connectivity index (χ4n) is 4.13. The van der Waals surface area contributed by atoms with Crippen molar-refractivity contribution in [2.45, 2.75) is 17.9 Å². The Hall–Kier alpha value is -2.11. The van der Waals surface area contributed by atoms with Crippen LogP contribution < -0.4 is 0 Å². The first-order valence-electron chi connectivity index (χ1n) is 6.96. The van der Waals surface area contributed by atoms with Gasteiger partial charge in [0, 0.05) is 13.0 Å². The molecule has 1 atom stereocenters. The van der Waals surface area contributed by atoms with Gasteiger partial charge >= 0.3 is 0 Å². The van der Waals surface area contributed by atoms with Crippen molar-refractivity contribution in [3.05, 3.63) is 70.8 Å². The van der Waals surface area contributed by atoms with Crippen LogP contribution in [0.2, 0.25) is 0 Å². The van der Waals surface area contributed by atoms with Gasteiger partial charge < -0.3 is 4.74 Å². The van der Waals surface area contributed by atoms with Crippen LogP contribution in [0.4, 0.5) is 0 Å². The number of methoxy groups -OCH3 is 1. The van der Waals surface area contributed by atoms with E-state index in [2.05, 4.69) is 42.5 Å². The molecule has 98 valence electrons. The molecule has 2 heteroatoms. The molecule has 0 spiro atoms. The zero-order valence-electron chi connectivity index (χ0n) is 11.3. The smallest absolute Gasteiger partial charge is 0.134 e. The minimum absolute atomic E-state index is 0.123. The van der Waals surface area contributed by atoms with E-state index in [0.717, 1.165) is 6.42 Å². The molecule has 0 radical (unpaired) electrons. The van der Waals surface area contributed by atoms with E-state index in [1.165, 1.54) is 22.3 Å². The molecule has 3 aliphatic carbocycles. The molecular weight excluding hydrogens is 246 g/mol. The summed E-state index contributed by atoms with van der Waals surface area (Å²) >= 11 is 0. The minimum Gasteiger partial charge on any atom is -0.367 e. The Balaban J connectivity index is 2.12. The third-order valence-electron chi connectivity index (χ3n) is 4.91. The van der Waals surface area contributed by atoms with Crippen LogP contribution >= 0.6 is 0 Å². The van der Waals surface area contributed by atoms with Crippen LogP contribution in [0.25, 0.3) is 0 Å². The summed E-state index contributed by atoms with van der Waals surface area (Å²) in [6.45, 7) is 0. The van der Waals surface area contributed by atoms with Crippen molar-refractivity contribution in [3.8, 4) is 6.07 Å². The molecule has 0 aromatic heterocycles. The van der Waals surface area contributed by atoms with E-state index >= 15 is 0 Å². The van der Waals surface area contributed by atoms with E-state index in [1.807, 2.05) is 12.1 Å². The maximum atomic E-state index is 9.63. The van der Waals surface area contributed by atoms with Gasteiger partial charge in [-0.05, 0) is 28.7 Å². The van der Waals surface area contributed by atoms with Crippen LogP contribution in [0.15, 0.2) is 48.5 Å². The van der Waals surface area contributed by atoms with Gasteiger partial charge in [0.15, 0.2) is 0 Å². The highest BCUT2D eigenvalue weighted by Crippen LogP contribution is 2.58. The molecule has 1 unspecified atom stereocenters. The van der Waals surface area contributed by atoms with Gasteiger partial charge in [-0.3, -0.25) is 0 Å². The average Bonchev–Trinajstić information content (AvgIpc) is 2.54. The Bertz CT molecular complexity index is 681. The van der Waals surface area contributed by atoms with Gasteiger partial charge in [-0.15, -0.1) is 0 Å². The molecule has 0 saturated carbocycles. The summed E-state index contributed by atoms with van der Waals surface area (Å²) < 4.78 is 6.00. The quantitative estimate of drug-likeness (QED) is 0.786. The molecule has 0 fully saturated rings. The highest BCUT2D eigenvalue weighted by Gasteiger charge is 2.54. The van der Waals surface area contributed by atoms with Crippen molar-refractivity contribution in [1.29, 1.82) is 5.26 Å². The summed E-state index contributed by atoms with van der Waals surface area (Å²) in [5.41, 5.74) is 4.38. The van der Waals surface area contributed by atoms with Crippen molar-refractivity contribution < 1.29 is 4.74 Å². The standard InChI is InChI=1S/C18H15NO/c1-20-18-12(11-19)10-15(13-6-2-4-8-16(13)18)14-7-3-5-9-17(14)18/h2-9,12,15H,10H2,1H3. The maximum absolute atomic E-state index is 9.63. The highest BCUT2D eigenvalue weighted by atomic mass is 16.5. The molecule has 0 amide bonds. The molecular formula is C18H15NO. The lowest BCUT2D eigenvalue weighted by molar-refractivity contribution is -0.0309. The van der Waals surface area contributed by atoms with Gasteiger partial charge in [0.25, 0.3) is 0 Å². The second-order valence-electron chi connectivity index (χ2n) is 5.58. The first-order chi connectivity index (χ1) is 9.82. The Morgan fingerprint density at radius 1 is 1.05 bits per heavy atom. The van der Waals surface area contributed by atoms with Gasteiger partial charge in [-0.25, -0.2) is 0 Å². The van der Waals surface area contributed by atoms with Gasteiger partial charge in [-0.1, -0.05) is 48.5 Å². The number of fused-ring (bicyclic) bond motifs is 1. The number of nitriles is 1. The molecule has 2 aromatic rings. The van der Waals surface area contributed by atoms with Crippen LogP contribution in [0.1, 0.15) is 34.6 Å². The number of rotatable bonds is 1. The molecule has 3 aliphatic rings. The van der Waals surface area contributed by atoms with Crippen molar-refractivity contribution >= 4 is 0 Å². The third kappa shape index (κ3) is 1.17. The SMILES string of the molecule is COC12c3ccccc3C(CC1C#N)c1ccccc12. The van der Waals surface area contributed by atoms with E-state index in [9.17, 15) is 5.26 Å². The number of benzene rings is 2. The molecule has 2 nitrogen and oxygen atoms in total. The summed E-state index contributed by atoms with van der Waals surface area (Å²) in [7, 11) is 1.73. The fraction of sp³-hybridized carbons (Fsp3) is 0.278. The Labute approximate surface area is 118 Å². The van der Waals surface area contributed by atoms with Gasteiger partial charge in [0.05, 0.1) is 12.0 Å². The molecule has 0 saturated heterocycles. The van der Waals surface area contributed by atoms with Crippen molar-refractivity contribution in [3.63, 3.8) is 0 Å². The lowest BCUT2D eigenvalue weighted by Crippen LogP contribution is -2.48. The fourth-order valence-corrected chi connectivity index (χ4v) is 4.13. The first-order valence-corrected chi connectivity index (χ1v) is 6.96. The van der Waals surface area contributed by atoms with Crippen LogP contribution in [-0.4, -0.2) is 7.11 Å². The highest BCUT2D eigenvalue weighted by molar-refractivity contribution is 5.59. The summed E-state index contributed by atoms with van der Waals surface area (Å²) in [5, 5.41) is 9.63. The number of ether oxygens (including phenoxy) is 1. The van der Waals surface area contributed by atoms with Gasteiger partial charge in [0.1, 0.15) is 5.60 Å². The normalized spacial score (nSPS) is 29.4. The lowest BCUT2D eigenvalue weighted by atomic mass is 9.57.